The Morgan fingerprint density at radius 3 is 1.96 bits per heavy atom. The van der Waals surface area contributed by atoms with E-state index in [4.69, 9.17) is 14.2 Å². The third-order valence-corrected chi connectivity index (χ3v) is 7.82. The third kappa shape index (κ3) is 12.7. The maximum atomic E-state index is 13.9. The van der Waals surface area contributed by atoms with Gasteiger partial charge in [0.05, 0.1) is 54.4 Å². The predicted molar refractivity (Wildman–Crippen MR) is 176 cm³/mol. The number of nitrogens with one attached hydrogen (secondary N) is 1. The molecule has 19 heteroatoms. The monoisotopic (exact) mass is 779 g/mol. The zero-order chi connectivity index (χ0) is 39.9. The molecule has 0 unspecified atom stereocenters. The predicted octanol–water partition coefficient (Wildman–Crippen LogP) is 7.58. The summed E-state index contributed by atoms with van der Waals surface area (Å²) in [7, 11) is 0. The first-order valence-electron chi connectivity index (χ1n) is 16.6. The van der Waals surface area contributed by atoms with E-state index >= 15 is 0 Å². The molecular formula is C35H38F9N5O5. The van der Waals surface area contributed by atoms with Crippen molar-refractivity contribution in [1.29, 1.82) is 0 Å². The molecule has 0 spiro atoms. The Morgan fingerprint density at radius 1 is 0.815 bits per heavy atom. The Labute approximate surface area is 304 Å². The molecular weight excluding hydrogens is 741 g/mol. The van der Waals surface area contributed by atoms with Crippen molar-refractivity contribution in [3.63, 3.8) is 0 Å². The number of morpholine rings is 1. The van der Waals surface area contributed by atoms with E-state index in [2.05, 4.69) is 15.3 Å². The van der Waals surface area contributed by atoms with Crippen LogP contribution in [0.25, 0.3) is 0 Å². The number of esters is 1. The van der Waals surface area contributed by atoms with Gasteiger partial charge in [0.1, 0.15) is 12.2 Å². The van der Waals surface area contributed by atoms with Crippen LogP contribution in [0.1, 0.15) is 60.6 Å². The minimum absolute atomic E-state index is 0.0196. The minimum atomic E-state index is -5.14. The minimum Gasteiger partial charge on any atom is -0.460 e. The van der Waals surface area contributed by atoms with Gasteiger partial charge in [0, 0.05) is 32.7 Å². The highest BCUT2D eigenvalue weighted by Gasteiger charge is 2.37. The van der Waals surface area contributed by atoms with Gasteiger partial charge in [-0.2, -0.15) is 39.5 Å². The van der Waals surface area contributed by atoms with E-state index in [0.717, 1.165) is 23.1 Å². The number of aromatic nitrogens is 2. The molecule has 0 atom stereocenters. The Morgan fingerprint density at radius 2 is 1.41 bits per heavy atom. The van der Waals surface area contributed by atoms with Crippen molar-refractivity contribution in [2.75, 3.05) is 49.3 Å². The number of carbonyl (C=O) groups is 2. The van der Waals surface area contributed by atoms with Crippen molar-refractivity contribution in [3.8, 4) is 0 Å². The molecule has 1 amide bonds. The molecule has 2 heterocycles. The molecule has 0 aliphatic carbocycles. The molecule has 0 saturated carbocycles. The number of rotatable bonds is 12. The zero-order valence-corrected chi connectivity index (χ0v) is 29.4. The Balaban J connectivity index is 1.63. The molecule has 296 valence electrons. The van der Waals surface area contributed by atoms with E-state index in [1.807, 2.05) is 4.90 Å². The fraction of sp³-hybridized carbons (Fsp3) is 0.486. The summed E-state index contributed by atoms with van der Waals surface area (Å²) in [6.07, 6.45) is -13.5. The van der Waals surface area contributed by atoms with E-state index in [9.17, 15) is 49.1 Å². The molecule has 4 rings (SSSR count). The van der Waals surface area contributed by atoms with Crippen molar-refractivity contribution in [1.82, 2.24) is 15.3 Å². The lowest BCUT2D eigenvalue weighted by molar-refractivity contribution is -0.155. The van der Waals surface area contributed by atoms with Crippen LogP contribution in [0.2, 0.25) is 0 Å². The van der Waals surface area contributed by atoms with E-state index in [1.165, 1.54) is 12.4 Å². The van der Waals surface area contributed by atoms with Gasteiger partial charge in [0.25, 0.3) is 0 Å². The number of halogens is 9. The van der Waals surface area contributed by atoms with E-state index < -0.39 is 71.5 Å². The maximum Gasteiger partial charge on any atom is 0.416 e. The van der Waals surface area contributed by atoms with Crippen molar-refractivity contribution in [2.45, 2.75) is 70.8 Å². The van der Waals surface area contributed by atoms with Crippen molar-refractivity contribution in [3.05, 3.63) is 82.2 Å². The van der Waals surface area contributed by atoms with Crippen LogP contribution in [0.3, 0.4) is 0 Å². The highest BCUT2D eigenvalue weighted by molar-refractivity contribution is 5.71. The summed E-state index contributed by atoms with van der Waals surface area (Å²) in [5.74, 6) is -0.790. The normalized spacial score (nSPS) is 14.1. The highest BCUT2D eigenvalue weighted by Crippen LogP contribution is 2.37. The van der Waals surface area contributed by atoms with Crippen LogP contribution in [0.5, 0.6) is 0 Å². The van der Waals surface area contributed by atoms with Gasteiger partial charge in [-0.15, -0.1) is 0 Å². The van der Waals surface area contributed by atoms with Gasteiger partial charge in [-0.1, -0.05) is 6.07 Å². The molecule has 0 radical (unpaired) electrons. The molecule has 2 aromatic carbocycles. The van der Waals surface area contributed by atoms with Gasteiger partial charge in [0.2, 0.25) is 5.95 Å². The zero-order valence-electron chi connectivity index (χ0n) is 29.4. The van der Waals surface area contributed by atoms with Gasteiger partial charge in [-0.25, -0.2) is 14.8 Å². The molecule has 1 aliphatic heterocycles. The summed E-state index contributed by atoms with van der Waals surface area (Å²) in [5.41, 5.74) is -4.63. The van der Waals surface area contributed by atoms with Gasteiger partial charge in [-0.3, -0.25) is 4.79 Å². The van der Waals surface area contributed by atoms with E-state index in [0.29, 0.717) is 44.1 Å². The van der Waals surface area contributed by atoms with Crippen LogP contribution >= 0.6 is 0 Å². The first-order chi connectivity index (χ1) is 25.1. The number of benzene rings is 2. The van der Waals surface area contributed by atoms with E-state index in [1.54, 1.807) is 20.8 Å². The number of ether oxygens (including phenoxy) is 3. The fourth-order valence-corrected chi connectivity index (χ4v) is 5.36. The molecule has 54 heavy (non-hydrogen) atoms. The largest absolute Gasteiger partial charge is 0.460 e. The second-order valence-corrected chi connectivity index (χ2v) is 13.2. The van der Waals surface area contributed by atoms with Crippen LogP contribution in [0, 0.1) is 0 Å². The Hall–Kier alpha value is -4.81. The summed E-state index contributed by atoms with van der Waals surface area (Å²) in [4.78, 5) is 35.7. The van der Waals surface area contributed by atoms with Gasteiger partial charge < -0.3 is 29.3 Å². The number of alkyl halides is 9. The summed E-state index contributed by atoms with van der Waals surface area (Å²) in [6.45, 7) is 5.20. The van der Waals surface area contributed by atoms with Crippen LogP contribution < -0.4 is 15.1 Å². The molecule has 1 saturated heterocycles. The number of hydrogen-bond acceptors (Lipinski definition) is 9. The summed E-state index contributed by atoms with van der Waals surface area (Å²) in [5, 5.41) is 2.43. The maximum absolute atomic E-state index is 13.9. The average Bonchev–Trinajstić information content (AvgIpc) is 3.07. The first-order valence-corrected chi connectivity index (χ1v) is 16.6. The standard InChI is InChI=1S/C35H38F9N5O5/c1-32(2,3)54-29(50)7-11-53-31(51)45-8-6-23-4-5-25(33(36,37)38)16-24(23)21-49(30-46-18-28(19-47-30)48-9-12-52-13-10-48)20-22-14-26(34(39,40)41)17-27(15-22)35(42,43)44/h4-5,14-19H,6-13,20-21H2,1-3H3,(H,45,51). The highest BCUT2D eigenvalue weighted by atomic mass is 19.4. The number of hydrogen-bond donors (Lipinski definition) is 1. The van der Waals surface area contributed by atoms with Crippen LogP contribution in [-0.4, -0.2) is 67.1 Å². The number of anilines is 2. The Kier molecular flexibility index (Phi) is 13.3. The molecule has 3 aromatic rings. The molecule has 1 N–H and O–H groups in total. The number of nitrogens with zero attached hydrogens (tertiary/aromatic N) is 4. The average molecular weight is 780 g/mol. The lowest BCUT2D eigenvalue weighted by Gasteiger charge is -2.29. The number of amides is 1. The van der Waals surface area contributed by atoms with Crippen molar-refractivity contribution >= 4 is 23.7 Å². The smallest absolute Gasteiger partial charge is 0.416 e. The Bertz CT molecular complexity index is 1710. The molecule has 10 nitrogen and oxygen atoms in total. The van der Waals surface area contributed by atoms with Crippen LogP contribution in [0.4, 0.5) is 55.9 Å². The van der Waals surface area contributed by atoms with Crippen LogP contribution in [0.15, 0.2) is 48.8 Å². The van der Waals surface area contributed by atoms with Gasteiger partial charge in [0.15, 0.2) is 0 Å². The number of alkyl carbamates (subject to hydrolysis) is 1. The second-order valence-electron chi connectivity index (χ2n) is 13.2. The molecule has 1 aromatic heterocycles. The summed E-state index contributed by atoms with van der Waals surface area (Å²) in [6, 6.07) is 3.78. The van der Waals surface area contributed by atoms with Crippen molar-refractivity contribution in [2.24, 2.45) is 0 Å². The van der Waals surface area contributed by atoms with Gasteiger partial charge >= 0.3 is 30.6 Å². The SMILES string of the molecule is CC(C)(C)OC(=O)CCOC(=O)NCCc1ccc(C(F)(F)F)cc1CN(Cc1cc(C(F)(F)F)cc(C(F)(F)F)c1)c1ncc(N2CCOCC2)cn1. The fourth-order valence-electron chi connectivity index (χ4n) is 5.36. The first kappa shape index (κ1) is 41.9. The van der Waals surface area contributed by atoms with Gasteiger partial charge in [-0.05, 0) is 74.2 Å². The molecule has 0 bridgehead atoms. The quantitative estimate of drug-likeness (QED) is 0.147. The second kappa shape index (κ2) is 17.1. The third-order valence-electron chi connectivity index (χ3n) is 7.82. The lowest BCUT2D eigenvalue weighted by Crippen LogP contribution is -2.36. The molecule has 1 aliphatic rings. The summed E-state index contributed by atoms with van der Waals surface area (Å²) < 4.78 is 139. The van der Waals surface area contributed by atoms with Crippen LogP contribution in [-0.2, 0) is 57.0 Å². The topological polar surface area (TPSA) is 106 Å². The number of carbonyl (C=O) groups excluding carboxylic acids is 2. The molecule has 1 fully saturated rings. The van der Waals surface area contributed by atoms with E-state index in [-0.39, 0.29) is 49.1 Å². The van der Waals surface area contributed by atoms with Crippen molar-refractivity contribution < 1.29 is 63.3 Å². The summed E-state index contributed by atoms with van der Waals surface area (Å²) >= 11 is 0. The lowest BCUT2D eigenvalue weighted by atomic mass is 9.99.